The first-order valence-corrected chi connectivity index (χ1v) is 11.3. The zero-order valence-corrected chi connectivity index (χ0v) is 19.7. The van der Waals surface area contributed by atoms with Crippen LogP contribution in [-0.2, 0) is 10.8 Å². The SMILES string of the molecule is CC(C)(c1ccccc1)c1cccc(N(N=O)c2ccccc2)c1C(C)(C)c1ccccc1. The molecular weight excluding hydrogens is 404 g/mol. The van der Waals surface area contributed by atoms with E-state index in [1.165, 1.54) is 21.7 Å². The molecule has 4 aromatic carbocycles. The Hall–Kier alpha value is -3.72. The fourth-order valence-corrected chi connectivity index (χ4v) is 4.70. The summed E-state index contributed by atoms with van der Waals surface area (Å²) in [5, 5.41) is 4.99. The normalized spacial score (nSPS) is 11.8. The molecule has 0 aliphatic carbocycles. The van der Waals surface area contributed by atoms with E-state index in [0.717, 1.165) is 16.9 Å². The molecule has 4 rings (SSSR count). The predicted octanol–water partition coefficient (Wildman–Crippen LogP) is 8.16. The van der Waals surface area contributed by atoms with E-state index in [-0.39, 0.29) is 10.8 Å². The summed E-state index contributed by atoms with van der Waals surface area (Å²) >= 11 is 0. The minimum absolute atomic E-state index is 0.288. The smallest absolute Gasteiger partial charge is 0.0729 e. The average Bonchev–Trinajstić information content (AvgIpc) is 2.86. The monoisotopic (exact) mass is 434 g/mol. The van der Waals surface area contributed by atoms with Crippen molar-refractivity contribution in [1.29, 1.82) is 0 Å². The standard InChI is InChI=1S/C30H30N2O/c1-29(2,23-15-8-5-9-16-23)26-21-14-22-27(32(31-33)25-19-12-7-13-20-25)28(26)30(3,4)24-17-10-6-11-18-24/h5-22H,1-4H3. The second-order valence-electron chi connectivity index (χ2n) is 9.41. The van der Waals surface area contributed by atoms with Crippen LogP contribution in [0.25, 0.3) is 0 Å². The Morgan fingerprint density at radius 3 is 1.58 bits per heavy atom. The van der Waals surface area contributed by atoms with Crippen LogP contribution in [0.3, 0.4) is 0 Å². The molecule has 0 saturated heterocycles. The Kier molecular flexibility index (Phi) is 6.15. The highest BCUT2D eigenvalue weighted by atomic mass is 16.3. The summed E-state index contributed by atoms with van der Waals surface area (Å²) in [6.07, 6.45) is 0. The van der Waals surface area contributed by atoms with Gasteiger partial charge in [-0.25, -0.2) is 0 Å². The molecule has 0 unspecified atom stereocenters. The lowest BCUT2D eigenvalue weighted by Gasteiger charge is -2.38. The van der Waals surface area contributed by atoms with Crippen LogP contribution in [0, 0.1) is 4.91 Å². The molecule has 3 heteroatoms. The van der Waals surface area contributed by atoms with Crippen LogP contribution in [0.1, 0.15) is 49.9 Å². The van der Waals surface area contributed by atoms with E-state index < -0.39 is 0 Å². The van der Waals surface area contributed by atoms with E-state index in [2.05, 4.69) is 87.6 Å². The molecule has 0 fully saturated rings. The average molecular weight is 435 g/mol. The van der Waals surface area contributed by atoms with Crippen LogP contribution < -0.4 is 5.01 Å². The molecule has 0 spiro atoms. The van der Waals surface area contributed by atoms with Gasteiger partial charge in [-0.2, -0.15) is 5.01 Å². The third-order valence-corrected chi connectivity index (χ3v) is 6.64. The van der Waals surface area contributed by atoms with E-state index in [0.29, 0.717) is 0 Å². The maximum absolute atomic E-state index is 12.2. The van der Waals surface area contributed by atoms with Crippen molar-refractivity contribution in [3.05, 3.63) is 136 Å². The van der Waals surface area contributed by atoms with Gasteiger partial charge in [-0.3, -0.25) is 0 Å². The number of nitrogens with zero attached hydrogens (tertiary/aromatic N) is 2. The van der Waals surface area contributed by atoms with E-state index in [9.17, 15) is 4.91 Å². The molecular formula is C30H30N2O. The zero-order chi connectivity index (χ0) is 23.5. The van der Waals surface area contributed by atoms with Gasteiger partial charge in [-0.1, -0.05) is 119 Å². The number of nitroso groups, excluding NO2 is 1. The summed E-state index contributed by atoms with van der Waals surface area (Å²) in [5.74, 6) is 0. The van der Waals surface area contributed by atoms with Crippen LogP contribution in [0.5, 0.6) is 0 Å². The first kappa shape index (κ1) is 22.5. The largest absolute Gasteiger partial charge is 0.197 e. The van der Waals surface area contributed by atoms with Crippen molar-refractivity contribution < 1.29 is 0 Å². The molecule has 0 bridgehead atoms. The second kappa shape index (κ2) is 9.03. The van der Waals surface area contributed by atoms with Crippen molar-refractivity contribution in [2.75, 3.05) is 5.01 Å². The summed E-state index contributed by atoms with van der Waals surface area (Å²) in [6.45, 7) is 8.93. The van der Waals surface area contributed by atoms with Crippen molar-refractivity contribution in [1.82, 2.24) is 0 Å². The van der Waals surface area contributed by atoms with Crippen molar-refractivity contribution in [2.45, 2.75) is 38.5 Å². The van der Waals surface area contributed by atoms with E-state index >= 15 is 0 Å². The maximum atomic E-state index is 12.2. The Morgan fingerprint density at radius 1 is 0.576 bits per heavy atom. The van der Waals surface area contributed by atoms with Crippen LogP contribution >= 0.6 is 0 Å². The first-order chi connectivity index (χ1) is 15.9. The molecule has 0 heterocycles. The van der Waals surface area contributed by atoms with Gasteiger partial charge in [0.15, 0.2) is 0 Å². The molecule has 0 aromatic heterocycles. The first-order valence-electron chi connectivity index (χ1n) is 11.3. The molecule has 4 aromatic rings. The highest BCUT2D eigenvalue weighted by molar-refractivity contribution is 5.71. The zero-order valence-electron chi connectivity index (χ0n) is 19.7. The maximum Gasteiger partial charge on any atom is 0.0729 e. The van der Waals surface area contributed by atoms with Gasteiger partial charge < -0.3 is 0 Å². The van der Waals surface area contributed by atoms with Gasteiger partial charge in [-0.15, -0.1) is 4.91 Å². The van der Waals surface area contributed by atoms with Gasteiger partial charge in [0.05, 0.1) is 16.7 Å². The number of benzene rings is 4. The van der Waals surface area contributed by atoms with Crippen LogP contribution in [0.15, 0.2) is 114 Å². The van der Waals surface area contributed by atoms with Gasteiger partial charge >= 0.3 is 0 Å². The molecule has 0 saturated carbocycles. The molecule has 0 radical (unpaired) electrons. The van der Waals surface area contributed by atoms with Gasteiger partial charge in [-0.05, 0) is 40.5 Å². The quantitative estimate of drug-likeness (QED) is 0.217. The van der Waals surface area contributed by atoms with Crippen molar-refractivity contribution >= 4 is 11.4 Å². The minimum atomic E-state index is -0.378. The molecule has 33 heavy (non-hydrogen) atoms. The van der Waals surface area contributed by atoms with Crippen molar-refractivity contribution in [2.24, 2.45) is 5.29 Å². The fourth-order valence-electron chi connectivity index (χ4n) is 4.70. The van der Waals surface area contributed by atoms with Crippen molar-refractivity contribution in [3.8, 4) is 0 Å². The number of anilines is 2. The summed E-state index contributed by atoms with van der Waals surface area (Å²) in [5.41, 5.74) is 5.54. The van der Waals surface area contributed by atoms with Gasteiger partial charge in [0.2, 0.25) is 0 Å². The molecule has 0 N–H and O–H groups in total. The van der Waals surface area contributed by atoms with Crippen molar-refractivity contribution in [3.63, 3.8) is 0 Å². The number of para-hydroxylation sites is 1. The van der Waals surface area contributed by atoms with Gasteiger partial charge in [0, 0.05) is 10.8 Å². The Bertz CT molecular complexity index is 1220. The van der Waals surface area contributed by atoms with E-state index in [1.807, 2.05) is 54.6 Å². The number of rotatable bonds is 7. The lowest BCUT2D eigenvalue weighted by atomic mass is 9.68. The predicted molar refractivity (Wildman–Crippen MR) is 138 cm³/mol. The molecule has 3 nitrogen and oxygen atoms in total. The second-order valence-corrected chi connectivity index (χ2v) is 9.41. The third-order valence-electron chi connectivity index (χ3n) is 6.64. The van der Waals surface area contributed by atoms with E-state index in [1.54, 1.807) is 0 Å². The lowest BCUT2D eigenvalue weighted by Crippen LogP contribution is -2.30. The minimum Gasteiger partial charge on any atom is -0.197 e. The van der Waals surface area contributed by atoms with Crippen LogP contribution in [0.4, 0.5) is 11.4 Å². The number of hydrogen-bond donors (Lipinski definition) is 0. The van der Waals surface area contributed by atoms with E-state index in [4.69, 9.17) is 0 Å². The molecule has 0 aliphatic rings. The Morgan fingerprint density at radius 2 is 1.06 bits per heavy atom. The molecule has 0 aliphatic heterocycles. The number of hydrogen-bond acceptors (Lipinski definition) is 2. The van der Waals surface area contributed by atoms with Gasteiger partial charge in [0.1, 0.15) is 0 Å². The van der Waals surface area contributed by atoms with Crippen LogP contribution in [0.2, 0.25) is 0 Å². The highest BCUT2D eigenvalue weighted by Crippen LogP contribution is 2.47. The molecule has 0 atom stereocenters. The third kappa shape index (κ3) is 4.19. The summed E-state index contributed by atoms with van der Waals surface area (Å²) in [4.78, 5) is 12.2. The van der Waals surface area contributed by atoms with Crippen LogP contribution in [-0.4, -0.2) is 0 Å². The summed E-state index contributed by atoms with van der Waals surface area (Å²) in [6, 6.07) is 36.8. The summed E-state index contributed by atoms with van der Waals surface area (Å²) < 4.78 is 0. The Balaban J connectivity index is 2.03. The topological polar surface area (TPSA) is 32.7 Å². The fraction of sp³-hybridized carbons (Fsp3) is 0.200. The summed E-state index contributed by atoms with van der Waals surface area (Å²) in [7, 11) is 0. The lowest BCUT2D eigenvalue weighted by molar-refractivity contribution is 0.578. The Labute approximate surface area is 196 Å². The highest BCUT2D eigenvalue weighted by Gasteiger charge is 2.36. The molecule has 0 amide bonds. The van der Waals surface area contributed by atoms with Gasteiger partial charge in [0.25, 0.3) is 0 Å². The molecule has 166 valence electrons.